The Morgan fingerprint density at radius 1 is 0.850 bits per heavy atom. The van der Waals surface area contributed by atoms with Crippen molar-refractivity contribution in [2.24, 2.45) is 0 Å². The number of nitrogens with one attached hydrogen (secondary N) is 2. The van der Waals surface area contributed by atoms with Gasteiger partial charge in [-0.1, -0.05) is 31.9 Å². The molecule has 0 radical (unpaired) electrons. The minimum Gasteiger partial charge on any atom is -0.506 e. The zero-order chi connectivity index (χ0) is 29.8. The Bertz CT molecular complexity index is 1480. The summed E-state index contributed by atoms with van der Waals surface area (Å²) >= 11 is 0. The van der Waals surface area contributed by atoms with Gasteiger partial charge in [0.25, 0.3) is 11.8 Å². The van der Waals surface area contributed by atoms with Crippen molar-refractivity contribution in [1.29, 1.82) is 0 Å². The molecule has 16 heteroatoms. The van der Waals surface area contributed by atoms with Crippen molar-refractivity contribution in [3.63, 3.8) is 0 Å². The van der Waals surface area contributed by atoms with Crippen LogP contribution in [0.5, 0.6) is 11.5 Å². The van der Waals surface area contributed by atoms with Gasteiger partial charge in [-0.25, -0.2) is 18.1 Å². The first kappa shape index (κ1) is 30.9. The third-order valence-corrected chi connectivity index (χ3v) is 8.85. The highest BCUT2D eigenvalue weighted by atomic mass is 32.2. The molecular weight excluding hydrogens is 568 g/mol. The molecule has 0 aliphatic carbocycles. The third-order valence-electron chi connectivity index (χ3n) is 6.06. The minimum atomic E-state index is -3.94. The van der Waals surface area contributed by atoms with Gasteiger partial charge in [0.15, 0.2) is 0 Å². The molecule has 2 aromatic carbocycles. The number of carbonyl (C=O) groups excluding carboxylic acids is 2. The van der Waals surface area contributed by atoms with Gasteiger partial charge in [0, 0.05) is 0 Å². The van der Waals surface area contributed by atoms with Crippen LogP contribution in [-0.4, -0.2) is 68.3 Å². The van der Waals surface area contributed by atoms with Crippen LogP contribution in [0.1, 0.15) is 50.3 Å². The molecule has 2 saturated heterocycles. The van der Waals surface area contributed by atoms with E-state index in [2.05, 4.69) is 0 Å². The van der Waals surface area contributed by atoms with Gasteiger partial charge in [0.1, 0.15) is 24.6 Å². The maximum absolute atomic E-state index is 11.7. The van der Waals surface area contributed by atoms with Crippen LogP contribution in [-0.2, 0) is 36.4 Å². The highest BCUT2D eigenvalue weighted by Crippen LogP contribution is 2.33. The molecule has 2 heterocycles. The average Bonchev–Trinajstić information content (AvgIpc) is 3.28. The van der Waals surface area contributed by atoms with Crippen LogP contribution in [0.25, 0.3) is 0 Å². The van der Waals surface area contributed by atoms with E-state index in [9.17, 15) is 46.9 Å². The lowest BCUT2D eigenvalue weighted by Gasteiger charge is -2.17. The summed E-state index contributed by atoms with van der Waals surface area (Å²) in [6.07, 6.45) is 1.71. The third kappa shape index (κ3) is 7.32. The number of amides is 2. The maximum Gasteiger partial charge on any atom is 0.326 e. The predicted molar refractivity (Wildman–Crippen MR) is 145 cm³/mol. The second-order valence-electron chi connectivity index (χ2n) is 9.32. The molecule has 2 amide bonds. The molecule has 2 fully saturated rings. The number of nitrogens with zero attached hydrogens (tertiary/aromatic N) is 2. The Morgan fingerprint density at radius 3 is 1.75 bits per heavy atom. The number of carbonyl (C=O) groups is 2. The van der Waals surface area contributed by atoms with Crippen molar-refractivity contribution in [3.05, 3.63) is 47.5 Å². The zero-order valence-electron chi connectivity index (χ0n) is 21.8. The first-order valence-corrected chi connectivity index (χ1v) is 15.2. The van der Waals surface area contributed by atoms with Crippen molar-refractivity contribution in [2.75, 3.05) is 21.7 Å². The van der Waals surface area contributed by atoms with E-state index in [4.69, 9.17) is 0 Å². The van der Waals surface area contributed by atoms with Crippen LogP contribution in [0.3, 0.4) is 0 Å². The average molecular weight is 601 g/mol. The van der Waals surface area contributed by atoms with Gasteiger partial charge in [0.05, 0.1) is 23.6 Å². The lowest BCUT2D eigenvalue weighted by Crippen LogP contribution is -2.29. The molecule has 2 aliphatic rings. The smallest absolute Gasteiger partial charge is 0.326 e. The summed E-state index contributed by atoms with van der Waals surface area (Å²) in [6.45, 7) is 2.84. The molecule has 2 aliphatic heterocycles. The van der Waals surface area contributed by atoms with E-state index in [1.54, 1.807) is 10.8 Å². The van der Waals surface area contributed by atoms with E-state index in [1.807, 2.05) is 11.6 Å². The van der Waals surface area contributed by atoms with Gasteiger partial charge in [0.2, 0.25) is 0 Å². The summed E-state index contributed by atoms with van der Waals surface area (Å²) in [5.74, 6) is -1.85. The maximum atomic E-state index is 11.7. The minimum absolute atomic E-state index is 0.00208. The number of unbranched alkanes of at least 4 members (excludes halogenated alkanes) is 1. The molecule has 0 saturated carbocycles. The Balaban J connectivity index is 0.000000225. The molecule has 14 nitrogen and oxygen atoms in total. The summed E-state index contributed by atoms with van der Waals surface area (Å²) in [4.78, 5) is 22.3. The Hall–Kier alpha value is -3.60. The number of aromatic hydroxyl groups is 2. The number of benzene rings is 2. The Morgan fingerprint density at radius 2 is 1.35 bits per heavy atom. The van der Waals surface area contributed by atoms with E-state index in [0.29, 0.717) is 24.0 Å². The number of aliphatic hydroxyl groups is 2. The van der Waals surface area contributed by atoms with Gasteiger partial charge in [-0.2, -0.15) is 16.8 Å². The monoisotopic (exact) mass is 600 g/mol. The van der Waals surface area contributed by atoms with E-state index in [-0.39, 0.29) is 36.0 Å². The second kappa shape index (κ2) is 12.3. The van der Waals surface area contributed by atoms with Gasteiger partial charge < -0.3 is 20.4 Å². The number of phenols is 2. The van der Waals surface area contributed by atoms with Gasteiger partial charge >= 0.3 is 20.4 Å². The first-order chi connectivity index (χ1) is 18.6. The normalized spacial score (nSPS) is 18.9. The fourth-order valence-corrected chi connectivity index (χ4v) is 6.38. The fourth-order valence-electron chi connectivity index (χ4n) is 4.05. The van der Waals surface area contributed by atoms with Crippen LogP contribution in [0.15, 0.2) is 36.4 Å². The number of phenolic OH excluding ortho intramolecular Hbond substituents is 2. The van der Waals surface area contributed by atoms with Crippen LogP contribution in [0, 0.1) is 0 Å². The molecule has 2 atom stereocenters. The molecule has 40 heavy (non-hydrogen) atoms. The Kier molecular flexibility index (Phi) is 9.50. The SMILES string of the molecule is CC(O)c1ccc(N2CC(=O)NS2(=O)=O)c(O)c1.CCCCC(O)Cc1ccc(N2CC(=O)NS2(=O)=O)c(O)c1. The van der Waals surface area contributed by atoms with Crippen molar-refractivity contribution < 1.29 is 46.9 Å². The molecule has 220 valence electrons. The number of hydrogen-bond donors (Lipinski definition) is 6. The summed E-state index contributed by atoms with van der Waals surface area (Å²) < 4.78 is 51.9. The zero-order valence-corrected chi connectivity index (χ0v) is 23.4. The number of anilines is 2. The van der Waals surface area contributed by atoms with Crippen molar-refractivity contribution in [3.8, 4) is 11.5 Å². The number of rotatable bonds is 8. The lowest BCUT2D eigenvalue weighted by molar-refractivity contribution is -0.118. The van der Waals surface area contributed by atoms with Crippen LogP contribution < -0.4 is 18.1 Å². The van der Waals surface area contributed by atoms with E-state index < -0.39 is 44.4 Å². The first-order valence-electron chi connectivity index (χ1n) is 12.3. The standard InChI is InChI=1S/C14H20N2O5S.C10H12N2O5S/c1-2-3-4-11(17)7-10-5-6-12(13(18)8-10)16-9-14(19)15-22(16,20)21;1-6(13)7-2-3-8(9(14)4-7)12-5-10(15)11-18(12,16)17/h5-6,8,11,17-18H,2-4,7,9H2,1H3,(H,15,19);2-4,6,13-14H,5H2,1H3,(H,11,15). The molecule has 6 N–H and O–H groups in total. The van der Waals surface area contributed by atoms with Crippen molar-refractivity contribution in [1.82, 2.24) is 9.44 Å². The molecule has 2 aromatic rings. The molecule has 2 unspecified atom stereocenters. The van der Waals surface area contributed by atoms with Gasteiger partial charge in [-0.05, 0) is 55.2 Å². The molecular formula is C24H32N4O10S2. The summed E-state index contributed by atoms with van der Waals surface area (Å²) in [5, 5.41) is 39.0. The quantitative estimate of drug-likeness (QED) is 0.244. The predicted octanol–water partition coefficient (Wildman–Crippen LogP) is 0.293. The summed E-state index contributed by atoms with van der Waals surface area (Å²) in [6, 6.07) is 8.59. The van der Waals surface area contributed by atoms with Crippen LogP contribution >= 0.6 is 0 Å². The lowest BCUT2D eigenvalue weighted by atomic mass is 10.0. The number of hydrogen-bond acceptors (Lipinski definition) is 10. The molecule has 0 aromatic heterocycles. The molecule has 0 bridgehead atoms. The highest BCUT2D eigenvalue weighted by molar-refractivity contribution is 7.92. The second-order valence-corrected chi connectivity index (χ2v) is 12.5. The highest BCUT2D eigenvalue weighted by Gasteiger charge is 2.36. The van der Waals surface area contributed by atoms with E-state index >= 15 is 0 Å². The summed E-state index contributed by atoms with van der Waals surface area (Å²) in [7, 11) is -7.87. The largest absolute Gasteiger partial charge is 0.506 e. The fraction of sp³-hybridized carbons (Fsp3) is 0.417. The van der Waals surface area contributed by atoms with E-state index in [0.717, 1.165) is 21.5 Å². The molecule has 0 spiro atoms. The summed E-state index contributed by atoms with van der Waals surface area (Å²) in [5.41, 5.74) is 1.20. The van der Waals surface area contributed by atoms with Crippen molar-refractivity contribution >= 4 is 43.6 Å². The van der Waals surface area contributed by atoms with E-state index in [1.165, 1.54) is 37.3 Å². The van der Waals surface area contributed by atoms with Crippen LogP contribution in [0.4, 0.5) is 11.4 Å². The van der Waals surface area contributed by atoms with Crippen molar-refractivity contribution in [2.45, 2.75) is 51.7 Å². The number of aliphatic hydroxyl groups excluding tert-OH is 2. The van der Waals surface area contributed by atoms with Crippen LogP contribution in [0.2, 0.25) is 0 Å². The topological polar surface area (TPSA) is 214 Å². The van der Waals surface area contributed by atoms with Gasteiger partial charge in [-0.3, -0.25) is 9.59 Å². The Labute approximate surface area is 232 Å². The molecule has 4 rings (SSSR count). The van der Waals surface area contributed by atoms with Gasteiger partial charge in [-0.15, -0.1) is 0 Å².